The van der Waals surface area contributed by atoms with Crippen LogP contribution in [0, 0.1) is 16.7 Å². The quantitative estimate of drug-likeness (QED) is 0.349. The molecule has 2 fully saturated rings. The molecule has 3 aliphatic rings. The van der Waals surface area contributed by atoms with Crippen molar-refractivity contribution < 1.29 is 19.5 Å². The summed E-state index contributed by atoms with van der Waals surface area (Å²) < 4.78 is 0. The fraction of sp³-hybridized carbons (Fsp3) is 0.606. The summed E-state index contributed by atoms with van der Waals surface area (Å²) in [7, 11) is 0. The Hall–Kier alpha value is -3.44. The summed E-state index contributed by atoms with van der Waals surface area (Å²) in [6.07, 6.45) is 7.04. The predicted octanol–water partition coefficient (Wildman–Crippen LogP) is 4.94. The lowest BCUT2D eigenvalue weighted by Gasteiger charge is -2.37. The number of benzene rings is 1. The van der Waals surface area contributed by atoms with E-state index in [0.717, 1.165) is 56.9 Å². The van der Waals surface area contributed by atoms with Gasteiger partial charge in [0, 0.05) is 47.6 Å². The van der Waals surface area contributed by atoms with E-state index in [0.29, 0.717) is 35.1 Å². The molecule has 11 nitrogen and oxygen atoms in total. The van der Waals surface area contributed by atoms with E-state index in [1.165, 1.54) is 4.90 Å². The number of fused-ring (bicyclic) bond motifs is 1. The molecule has 0 radical (unpaired) electrons. The molecule has 1 aromatic heterocycles. The van der Waals surface area contributed by atoms with Crippen LogP contribution in [0.5, 0.6) is 0 Å². The first-order chi connectivity index (χ1) is 21.7. The van der Waals surface area contributed by atoms with Gasteiger partial charge in [0.1, 0.15) is 11.9 Å². The van der Waals surface area contributed by atoms with Gasteiger partial charge in [-0.3, -0.25) is 19.2 Å². The molecule has 2 N–H and O–H groups in total. The van der Waals surface area contributed by atoms with Crippen LogP contribution in [0.4, 0.5) is 0 Å². The van der Waals surface area contributed by atoms with E-state index in [2.05, 4.69) is 17.1 Å². The van der Waals surface area contributed by atoms with Crippen molar-refractivity contribution in [2.75, 3.05) is 13.1 Å². The number of carbonyl (C=O) groups excluding carboxylic acids is 3. The zero-order valence-corrected chi connectivity index (χ0v) is 26.5. The molecule has 3 heterocycles. The Kier molecular flexibility index (Phi) is 10.8. The minimum atomic E-state index is -0.934. The number of amides is 3. The Balaban J connectivity index is 1.36. The molecule has 1 unspecified atom stereocenters. The fourth-order valence-corrected chi connectivity index (χ4v) is 7.36. The standard InChI is InChI=1S/C33H42ClN5O6/c1-2-3-9-22-17-38(19-26-29(22)35-30(36-32(26)43)21-10-12-24(34)13-11-21)33(44)27-16-25(40)18-39(27)28(41)15-23(31(42)37-45)14-20-7-5-4-6-8-20/h10-13,20,22-23,25,27,40H,2-9,14-19H2,1H3,(H,35,36,43)/t22?,23-,25-,27+/m1/s1. The van der Waals surface area contributed by atoms with Crippen LogP contribution < -0.4 is 5.56 Å². The first-order valence-corrected chi connectivity index (χ1v) is 16.6. The predicted molar refractivity (Wildman–Crippen MR) is 169 cm³/mol. The van der Waals surface area contributed by atoms with Crippen LogP contribution in [-0.2, 0) is 20.9 Å². The summed E-state index contributed by atoms with van der Waals surface area (Å²) in [5.41, 5.74) is 1.49. The lowest BCUT2D eigenvalue weighted by molar-refractivity contribution is -0.145. The first kappa shape index (κ1) is 32.9. The van der Waals surface area contributed by atoms with Gasteiger partial charge < -0.3 is 19.9 Å². The number of hydrogen-bond acceptors (Lipinski definition) is 7. The molecule has 242 valence electrons. The summed E-state index contributed by atoms with van der Waals surface area (Å²) >= 11 is 6.05. The minimum absolute atomic E-state index is 0.0342. The Labute approximate surface area is 267 Å². The molecule has 3 amide bonds. The molecule has 12 heteroatoms. The first-order valence-electron chi connectivity index (χ1n) is 16.2. The number of hydrogen-bond donors (Lipinski definition) is 2. The van der Waals surface area contributed by atoms with E-state index < -0.39 is 29.9 Å². The summed E-state index contributed by atoms with van der Waals surface area (Å²) in [4.78, 5) is 75.4. The highest BCUT2D eigenvalue weighted by molar-refractivity contribution is 6.30. The second-order valence-corrected chi connectivity index (χ2v) is 13.3. The molecule has 1 saturated carbocycles. The number of unbranched alkanes of at least 4 members (excludes halogenated alkanes) is 1. The van der Waals surface area contributed by atoms with Crippen LogP contribution >= 0.6 is 11.6 Å². The van der Waals surface area contributed by atoms with Crippen LogP contribution in [0.15, 0.2) is 34.2 Å². The van der Waals surface area contributed by atoms with E-state index in [-0.39, 0.29) is 49.2 Å². The van der Waals surface area contributed by atoms with E-state index in [1.54, 1.807) is 29.2 Å². The molecule has 5 rings (SSSR count). The summed E-state index contributed by atoms with van der Waals surface area (Å²) in [6.45, 7) is 2.40. The summed E-state index contributed by atoms with van der Waals surface area (Å²) in [5, 5.41) is 13.8. The average molecular weight is 640 g/mol. The minimum Gasteiger partial charge on any atom is -0.391 e. The zero-order valence-electron chi connectivity index (χ0n) is 25.8. The van der Waals surface area contributed by atoms with E-state index in [1.807, 2.05) is 0 Å². The lowest BCUT2D eigenvalue weighted by atomic mass is 9.81. The van der Waals surface area contributed by atoms with Gasteiger partial charge in [0.05, 0.1) is 29.8 Å². The third kappa shape index (κ3) is 7.69. The molecule has 45 heavy (non-hydrogen) atoms. The number of likely N-dealkylation sites (tertiary alicyclic amines) is 1. The normalized spacial score (nSPS) is 22.6. The maximum absolute atomic E-state index is 14.1. The van der Waals surface area contributed by atoms with Crippen molar-refractivity contribution in [2.24, 2.45) is 17.0 Å². The van der Waals surface area contributed by atoms with Crippen molar-refractivity contribution in [1.29, 1.82) is 0 Å². The number of β-amino-alcohol motifs (C(OH)–C–C–N with tert-alkyl or cyclic N) is 1. The van der Waals surface area contributed by atoms with Crippen molar-refractivity contribution in [3.63, 3.8) is 0 Å². The highest BCUT2D eigenvalue weighted by Crippen LogP contribution is 2.34. The number of aromatic nitrogens is 2. The number of halogens is 1. The number of nitroso groups, excluding NO2 is 1. The molecule has 2 aliphatic heterocycles. The van der Waals surface area contributed by atoms with Crippen molar-refractivity contribution in [3.8, 4) is 11.4 Å². The SMILES string of the molecule is CCCCC1CN(C(=O)[C@@H]2C[C@@H](O)CN2C(=O)C[C@@H](CC2CCCCC2)C(=O)N=O)Cc2c1nc(-c1ccc(Cl)cc1)[nH]c2=O. The smallest absolute Gasteiger partial charge is 0.289 e. The van der Waals surface area contributed by atoms with Crippen LogP contribution in [0.25, 0.3) is 11.4 Å². The molecule has 2 aromatic rings. The number of aliphatic hydroxyl groups excluding tert-OH is 1. The van der Waals surface area contributed by atoms with Gasteiger partial charge in [-0.2, -0.15) is 0 Å². The van der Waals surface area contributed by atoms with Crippen molar-refractivity contribution >= 4 is 29.3 Å². The molecule has 1 saturated heterocycles. The van der Waals surface area contributed by atoms with Gasteiger partial charge in [-0.15, -0.1) is 4.91 Å². The van der Waals surface area contributed by atoms with Crippen LogP contribution in [0.1, 0.15) is 94.7 Å². The summed E-state index contributed by atoms with van der Waals surface area (Å²) in [6, 6.07) is 6.12. The molecule has 0 bridgehead atoms. The van der Waals surface area contributed by atoms with Crippen molar-refractivity contribution in [2.45, 2.75) is 102 Å². The number of aromatic amines is 1. The van der Waals surface area contributed by atoms with Gasteiger partial charge in [-0.05, 0) is 43.0 Å². The third-order valence-electron chi connectivity index (χ3n) is 9.65. The maximum atomic E-state index is 14.1. The van der Waals surface area contributed by atoms with E-state index in [9.17, 15) is 29.2 Å². The number of aliphatic hydroxyl groups is 1. The van der Waals surface area contributed by atoms with Gasteiger partial charge >= 0.3 is 0 Å². The number of carbonyl (C=O) groups is 3. The van der Waals surface area contributed by atoms with Gasteiger partial charge in [-0.25, -0.2) is 4.98 Å². The Morgan fingerprint density at radius 3 is 2.56 bits per heavy atom. The van der Waals surface area contributed by atoms with Crippen molar-refractivity contribution in [1.82, 2.24) is 19.8 Å². The van der Waals surface area contributed by atoms with Gasteiger partial charge in [0.2, 0.25) is 11.8 Å². The molecule has 1 aliphatic carbocycles. The molecule has 1 aromatic carbocycles. The second-order valence-electron chi connectivity index (χ2n) is 12.9. The number of rotatable bonds is 10. The van der Waals surface area contributed by atoms with Crippen molar-refractivity contribution in [3.05, 3.63) is 55.8 Å². The highest BCUT2D eigenvalue weighted by Gasteiger charge is 2.43. The number of nitrogens with zero attached hydrogens (tertiary/aromatic N) is 4. The van der Waals surface area contributed by atoms with E-state index >= 15 is 0 Å². The summed E-state index contributed by atoms with van der Waals surface area (Å²) in [5.74, 6) is -1.97. The largest absolute Gasteiger partial charge is 0.391 e. The Morgan fingerprint density at radius 2 is 1.87 bits per heavy atom. The molecule has 0 spiro atoms. The maximum Gasteiger partial charge on any atom is 0.289 e. The van der Waals surface area contributed by atoms with Crippen LogP contribution in [0.2, 0.25) is 5.02 Å². The van der Waals surface area contributed by atoms with Crippen LogP contribution in [-0.4, -0.2) is 67.8 Å². The molecule has 4 atom stereocenters. The van der Waals surface area contributed by atoms with Gasteiger partial charge in [-0.1, -0.05) is 63.5 Å². The topological polar surface area (TPSA) is 153 Å². The molecular formula is C33H42ClN5O6. The van der Waals surface area contributed by atoms with E-state index in [4.69, 9.17) is 16.6 Å². The van der Waals surface area contributed by atoms with Gasteiger partial charge in [0.15, 0.2) is 0 Å². The zero-order chi connectivity index (χ0) is 32.1. The third-order valence-corrected chi connectivity index (χ3v) is 9.90. The second kappa shape index (κ2) is 14.8. The highest BCUT2D eigenvalue weighted by atomic mass is 35.5. The molecular weight excluding hydrogens is 598 g/mol. The number of H-pyrrole nitrogens is 1. The van der Waals surface area contributed by atoms with Gasteiger partial charge in [0.25, 0.3) is 11.5 Å². The fourth-order valence-electron chi connectivity index (χ4n) is 7.24. The lowest BCUT2D eigenvalue weighted by Crippen LogP contribution is -2.51. The number of nitrogens with one attached hydrogen (secondary N) is 1. The Bertz CT molecular complexity index is 1460. The monoisotopic (exact) mass is 639 g/mol. The average Bonchev–Trinajstić information content (AvgIpc) is 3.45. The van der Waals surface area contributed by atoms with Crippen LogP contribution in [0.3, 0.4) is 0 Å². The Morgan fingerprint density at radius 1 is 1.13 bits per heavy atom.